The number of aromatic nitrogens is 1. The number of pyridine rings is 1. The Balaban J connectivity index is 1.59. The molecule has 3 fully saturated rings. The number of carbonyl (C=O) groups excluding carboxylic acids is 4. The molecule has 0 spiro atoms. The van der Waals surface area contributed by atoms with E-state index in [1.807, 2.05) is 0 Å². The highest BCUT2D eigenvalue weighted by atomic mass is 32.2. The summed E-state index contributed by atoms with van der Waals surface area (Å²) < 4.78 is 27.0. The van der Waals surface area contributed by atoms with Crippen molar-refractivity contribution in [3.05, 3.63) is 30.1 Å². The lowest BCUT2D eigenvalue weighted by Crippen LogP contribution is -2.64. The van der Waals surface area contributed by atoms with Crippen LogP contribution in [-0.2, 0) is 24.4 Å². The first-order chi connectivity index (χ1) is 15.7. The quantitative estimate of drug-likeness (QED) is 0.592. The van der Waals surface area contributed by atoms with Gasteiger partial charge in [0.15, 0.2) is 11.3 Å². The summed E-state index contributed by atoms with van der Waals surface area (Å²) in [5, 5.41) is -1.22. The Morgan fingerprint density at radius 1 is 1.15 bits per heavy atom. The minimum atomic E-state index is -4.64. The van der Waals surface area contributed by atoms with Gasteiger partial charge in [-0.15, -0.1) is 0 Å². The van der Waals surface area contributed by atoms with Crippen LogP contribution >= 0.6 is 0 Å². The van der Waals surface area contributed by atoms with E-state index < -0.39 is 45.0 Å². The van der Waals surface area contributed by atoms with Crippen molar-refractivity contribution in [3.8, 4) is 0 Å². The molecule has 2 aliphatic heterocycles. The van der Waals surface area contributed by atoms with Crippen LogP contribution in [-0.4, -0.2) is 70.0 Å². The second-order valence-corrected chi connectivity index (χ2v) is 10.8. The number of amides is 2. The normalized spacial score (nSPS) is 26.4. The van der Waals surface area contributed by atoms with E-state index in [4.69, 9.17) is 5.73 Å². The fourth-order valence-electron chi connectivity index (χ4n) is 5.56. The summed E-state index contributed by atoms with van der Waals surface area (Å²) in [4.78, 5) is 56.6. The van der Waals surface area contributed by atoms with Crippen LogP contribution in [0.25, 0.3) is 0 Å². The summed E-state index contributed by atoms with van der Waals surface area (Å²) in [7, 11) is -4.64. The molecule has 0 radical (unpaired) electrons. The number of likely N-dealkylation sites (tertiary alicyclic amines) is 1. The van der Waals surface area contributed by atoms with Crippen molar-refractivity contribution in [2.45, 2.75) is 62.9 Å². The van der Waals surface area contributed by atoms with Crippen molar-refractivity contribution in [2.75, 3.05) is 13.1 Å². The molecule has 0 aromatic carbocycles. The second-order valence-electron chi connectivity index (χ2n) is 9.03. The van der Waals surface area contributed by atoms with E-state index in [-0.39, 0.29) is 30.9 Å². The third kappa shape index (κ3) is 3.86. The molecule has 4 rings (SSSR count). The van der Waals surface area contributed by atoms with E-state index in [1.54, 1.807) is 0 Å². The molecule has 3 aliphatic rings. The summed E-state index contributed by atoms with van der Waals surface area (Å²) in [5.74, 6) is -1.79. The van der Waals surface area contributed by atoms with E-state index in [9.17, 15) is 27.6 Å². The summed E-state index contributed by atoms with van der Waals surface area (Å²) in [5.41, 5.74) is 3.42. The first-order valence-electron chi connectivity index (χ1n) is 11.3. The van der Waals surface area contributed by atoms with Gasteiger partial charge in [0.1, 0.15) is 0 Å². The Morgan fingerprint density at radius 3 is 2.52 bits per heavy atom. The number of carbonyl (C=O) groups is 4. The average Bonchev–Trinajstić information content (AvgIpc) is 3.35. The molecule has 2 unspecified atom stereocenters. The van der Waals surface area contributed by atoms with Crippen molar-refractivity contribution in [3.63, 3.8) is 0 Å². The van der Waals surface area contributed by atoms with Crippen LogP contribution in [0.5, 0.6) is 0 Å². The molecule has 3 heterocycles. The smallest absolute Gasteiger partial charge is 0.293 e. The van der Waals surface area contributed by atoms with Crippen molar-refractivity contribution in [1.29, 1.82) is 0 Å². The van der Waals surface area contributed by atoms with E-state index in [2.05, 4.69) is 4.98 Å². The Morgan fingerprint density at radius 2 is 1.88 bits per heavy atom. The van der Waals surface area contributed by atoms with Gasteiger partial charge in [-0.3, -0.25) is 24.2 Å². The highest BCUT2D eigenvalue weighted by Gasteiger charge is 2.68. The van der Waals surface area contributed by atoms with Crippen molar-refractivity contribution >= 4 is 32.7 Å². The summed E-state index contributed by atoms with van der Waals surface area (Å²) in [6.45, 7) is -0.662. The molecule has 2 N–H and O–H groups in total. The fourth-order valence-corrected chi connectivity index (χ4v) is 7.08. The second kappa shape index (κ2) is 8.94. The van der Waals surface area contributed by atoms with Crippen molar-refractivity contribution < 1.29 is 27.6 Å². The Hall–Kier alpha value is -2.66. The standard InChI is InChI=1S/C22H28N4O6S/c23-21(30)22-17(10-12-25(22)19(28)9-8-15-5-2-1-3-6-15)26(14-18(22)27)33(31,32)20(29)16-7-4-11-24-13-16/h4,7,11,13,15,17H,1-3,5-6,8-10,12,14H2,(H2,23,30). The lowest BCUT2D eigenvalue weighted by Gasteiger charge is -2.34. The first-order valence-corrected chi connectivity index (χ1v) is 12.7. The zero-order valence-electron chi connectivity index (χ0n) is 18.3. The number of Topliss-reactive ketones (excluding diaryl/α,β-unsaturated/α-hetero) is 1. The van der Waals surface area contributed by atoms with Gasteiger partial charge in [-0.2, -0.15) is 4.31 Å². The van der Waals surface area contributed by atoms with Crippen LogP contribution in [0.3, 0.4) is 0 Å². The molecular formula is C22H28N4O6S. The summed E-state index contributed by atoms with van der Waals surface area (Å²) in [6, 6.07) is 1.53. The van der Waals surface area contributed by atoms with Gasteiger partial charge in [0.25, 0.3) is 21.0 Å². The molecule has 2 amide bonds. The lowest BCUT2D eigenvalue weighted by atomic mass is 9.85. The average molecular weight is 477 g/mol. The van der Waals surface area contributed by atoms with E-state index in [0.717, 1.165) is 41.1 Å². The van der Waals surface area contributed by atoms with Crippen LogP contribution in [0.2, 0.25) is 0 Å². The van der Waals surface area contributed by atoms with Crippen LogP contribution in [0.1, 0.15) is 61.7 Å². The number of rotatable bonds is 6. The summed E-state index contributed by atoms with van der Waals surface area (Å²) >= 11 is 0. The number of hydrogen-bond donors (Lipinski definition) is 1. The zero-order valence-corrected chi connectivity index (χ0v) is 19.1. The van der Waals surface area contributed by atoms with E-state index in [0.29, 0.717) is 12.3 Å². The number of sulfonamides is 1. The van der Waals surface area contributed by atoms with Gasteiger partial charge in [0, 0.05) is 25.4 Å². The Kier molecular flexibility index (Phi) is 6.37. The maximum Gasteiger partial charge on any atom is 0.293 e. The monoisotopic (exact) mass is 476 g/mol. The van der Waals surface area contributed by atoms with Gasteiger partial charge in [-0.25, -0.2) is 8.42 Å². The predicted octanol–water partition coefficient (Wildman–Crippen LogP) is 0.622. The maximum atomic E-state index is 13.1. The minimum Gasteiger partial charge on any atom is -0.367 e. The number of nitrogens with two attached hydrogens (primary N) is 1. The van der Waals surface area contributed by atoms with Gasteiger partial charge in [-0.1, -0.05) is 32.1 Å². The van der Waals surface area contributed by atoms with Crippen LogP contribution in [0.4, 0.5) is 0 Å². The molecule has 178 valence electrons. The Bertz CT molecular complexity index is 1070. The highest BCUT2D eigenvalue weighted by Crippen LogP contribution is 2.42. The van der Waals surface area contributed by atoms with Gasteiger partial charge in [0.05, 0.1) is 18.2 Å². The molecular weight excluding hydrogens is 448 g/mol. The van der Waals surface area contributed by atoms with Gasteiger partial charge in [0.2, 0.25) is 5.91 Å². The minimum absolute atomic E-state index is 0.0238. The number of primary amides is 1. The molecule has 11 heteroatoms. The zero-order chi connectivity index (χ0) is 23.8. The summed E-state index contributed by atoms with van der Waals surface area (Å²) in [6.07, 6.45) is 8.95. The molecule has 10 nitrogen and oxygen atoms in total. The molecule has 1 aromatic heterocycles. The van der Waals surface area contributed by atoms with E-state index >= 15 is 0 Å². The van der Waals surface area contributed by atoms with E-state index in [1.165, 1.54) is 24.8 Å². The number of fused-ring (bicyclic) bond motifs is 1. The molecule has 0 bridgehead atoms. The van der Waals surface area contributed by atoms with Gasteiger partial charge < -0.3 is 10.6 Å². The van der Waals surface area contributed by atoms with Crippen LogP contribution < -0.4 is 5.73 Å². The van der Waals surface area contributed by atoms with Crippen LogP contribution in [0, 0.1) is 5.92 Å². The number of nitrogens with zero attached hydrogens (tertiary/aromatic N) is 3. The highest BCUT2D eigenvalue weighted by molar-refractivity contribution is 8.04. The molecule has 1 saturated carbocycles. The third-order valence-corrected chi connectivity index (χ3v) is 8.92. The van der Waals surface area contributed by atoms with Gasteiger partial charge >= 0.3 is 0 Å². The fraction of sp³-hybridized carbons (Fsp3) is 0.591. The lowest BCUT2D eigenvalue weighted by molar-refractivity contribution is -0.149. The maximum absolute atomic E-state index is 13.1. The van der Waals surface area contributed by atoms with Gasteiger partial charge in [-0.05, 0) is 30.9 Å². The third-order valence-electron chi connectivity index (χ3n) is 7.21. The SMILES string of the molecule is NC(=O)C12C(=O)CN(S(=O)(=O)C(=O)c3cccnc3)C1CCN2C(=O)CCC1CCCCC1. The molecule has 2 atom stereocenters. The van der Waals surface area contributed by atoms with Crippen LogP contribution in [0.15, 0.2) is 24.5 Å². The Labute approximate surface area is 192 Å². The van der Waals surface area contributed by atoms with Crippen molar-refractivity contribution in [1.82, 2.24) is 14.2 Å². The largest absolute Gasteiger partial charge is 0.367 e. The molecule has 33 heavy (non-hydrogen) atoms. The number of ketones is 1. The predicted molar refractivity (Wildman–Crippen MR) is 117 cm³/mol. The molecule has 1 aromatic rings. The first kappa shape index (κ1) is 23.5. The topological polar surface area (TPSA) is 148 Å². The van der Waals surface area contributed by atoms with Crippen molar-refractivity contribution in [2.24, 2.45) is 11.7 Å². The molecule has 2 saturated heterocycles. The number of hydrogen-bond acceptors (Lipinski definition) is 7. The molecule has 1 aliphatic carbocycles.